The van der Waals surface area contributed by atoms with Crippen LogP contribution in [0.4, 0.5) is 0 Å². The summed E-state index contributed by atoms with van der Waals surface area (Å²) < 4.78 is 0. The maximum Gasteiger partial charge on any atom is 0.120 e. The van der Waals surface area contributed by atoms with Gasteiger partial charge in [0.05, 0.1) is 6.61 Å². The Hall–Kier alpha value is -1.26. The average molecular weight is 237 g/mol. The molecule has 4 heteroatoms. The van der Waals surface area contributed by atoms with Crippen LogP contribution in [-0.2, 0) is 0 Å². The normalized spacial score (nSPS) is 22.8. The highest BCUT2D eigenvalue weighted by Gasteiger charge is 2.29. The Kier molecular flexibility index (Phi) is 3.54. The zero-order valence-corrected chi connectivity index (χ0v) is 10.0. The molecule has 94 valence electrons. The van der Waals surface area contributed by atoms with E-state index < -0.39 is 0 Å². The van der Waals surface area contributed by atoms with Crippen LogP contribution in [0.3, 0.4) is 0 Å². The molecule has 0 radical (unpaired) electrons. The molecule has 1 aromatic carbocycles. The first-order valence-corrected chi connectivity index (χ1v) is 6.02. The summed E-state index contributed by atoms with van der Waals surface area (Å²) in [4.78, 5) is 2.18. The number of likely N-dealkylation sites (tertiary alicyclic amines) is 1. The summed E-state index contributed by atoms with van der Waals surface area (Å²) in [5, 5.41) is 28.6. The second-order valence-corrected chi connectivity index (χ2v) is 4.64. The molecule has 2 atom stereocenters. The molecule has 2 rings (SSSR count). The molecule has 1 aromatic rings. The maximum absolute atomic E-state index is 9.82. The molecule has 0 saturated carbocycles. The van der Waals surface area contributed by atoms with Gasteiger partial charge in [0.15, 0.2) is 0 Å². The molecule has 0 amide bonds. The molecule has 1 aliphatic rings. The number of hydrogen-bond acceptors (Lipinski definition) is 4. The van der Waals surface area contributed by atoms with Crippen LogP contribution in [0, 0.1) is 0 Å². The van der Waals surface area contributed by atoms with E-state index in [-0.39, 0.29) is 30.2 Å². The molecule has 3 N–H and O–H groups in total. The fourth-order valence-corrected chi connectivity index (χ4v) is 2.62. The second kappa shape index (κ2) is 4.94. The van der Waals surface area contributed by atoms with Crippen molar-refractivity contribution < 1.29 is 15.3 Å². The highest BCUT2D eigenvalue weighted by molar-refractivity contribution is 5.40. The number of hydrogen-bond donors (Lipinski definition) is 3. The van der Waals surface area contributed by atoms with E-state index in [2.05, 4.69) is 4.90 Å². The number of aliphatic hydroxyl groups is 1. The van der Waals surface area contributed by atoms with Gasteiger partial charge in [0, 0.05) is 17.6 Å². The van der Waals surface area contributed by atoms with Crippen LogP contribution in [0.1, 0.15) is 31.4 Å². The Morgan fingerprint density at radius 1 is 1.41 bits per heavy atom. The molecule has 1 fully saturated rings. The highest BCUT2D eigenvalue weighted by atomic mass is 16.3. The third-order valence-corrected chi connectivity index (χ3v) is 3.59. The molecular formula is C13H19NO3. The van der Waals surface area contributed by atoms with Gasteiger partial charge >= 0.3 is 0 Å². The molecule has 4 nitrogen and oxygen atoms in total. The van der Waals surface area contributed by atoms with E-state index in [0.29, 0.717) is 5.56 Å². The quantitative estimate of drug-likeness (QED) is 0.699. The minimum absolute atomic E-state index is 0.00162. The third-order valence-electron chi connectivity index (χ3n) is 3.59. The standard InChI is InChI=1S/C13H19NO3/c1-9(14-6-2-3-10(14)8-15)12-7-11(16)4-5-13(12)17/h4-5,7,9-10,15-17H,2-3,6,8H2,1H3. The van der Waals surface area contributed by atoms with Crippen molar-refractivity contribution in [1.29, 1.82) is 0 Å². The summed E-state index contributed by atoms with van der Waals surface area (Å²) in [5.41, 5.74) is 0.713. The van der Waals surface area contributed by atoms with Gasteiger partial charge in [0.25, 0.3) is 0 Å². The summed E-state index contributed by atoms with van der Waals surface area (Å²) in [6.07, 6.45) is 2.05. The second-order valence-electron chi connectivity index (χ2n) is 4.64. The zero-order valence-electron chi connectivity index (χ0n) is 10.0. The van der Waals surface area contributed by atoms with E-state index in [1.54, 1.807) is 6.07 Å². The summed E-state index contributed by atoms with van der Waals surface area (Å²) >= 11 is 0. The Bertz CT molecular complexity index is 394. The third kappa shape index (κ3) is 2.37. The lowest BCUT2D eigenvalue weighted by Gasteiger charge is -2.30. The van der Waals surface area contributed by atoms with Crippen molar-refractivity contribution in [2.24, 2.45) is 0 Å². The van der Waals surface area contributed by atoms with Gasteiger partial charge in [-0.2, -0.15) is 0 Å². The molecule has 2 unspecified atom stereocenters. The Morgan fingerprint density at radius 3 is 2.88 bits per heavy atom. The van der Waals surface area contributed by atoms with Gasteiger partial charge in [-0.05, 0) is 44.5 Å². The molecule has 0 spiro atoms. The van der Waals surface area contributed by atoms with Crippen molar-refractivity contribution in [1.82, 2.24) is 4.90 Å². The predicted octanol–water partition coefficient (Wildman–Crippen LogP) is 1.62. The maximum atomic E-state index is 9.82. The van der Waals surface area contributed by atoms with Gasteiger partial charge in [-0.15, -0.1) is 0 Å². The van der Waals surface area contributed by atoms with Crippen molar-refractivity contribution in [2.45, 2.75) is 31.8 Å². The van der Waals surface area contributed by atoms with Crippen LogP contribution in [0.25, 0.3) is 0 Å². The molecule has 0 aromatic heterocycles. The SMILES string of the molecule is CC(c1cc(O)ccc1O)N1CCCC1CO. The lowest BCUT2D eigenvalue weighted by molar-refractivity contribution is 0.125. The molecule has 1 heterocycles. The van der Waals surface area contributed by atoms with E-state index in [1.165, 1.54) is 12.1 Å². The van der Waals surface area contributed by atoms with Crippen LogP contribution in [-0.4, -0.2) is 39.4 Å². The summed E-state index contributed by atoms with van der Waals surface area (Å²) in [5.74, 6) is 0.350. The van der Waals surface area contributed by atoms with Gasteiger partial charge in [0.1, 0.15) is 11.5 Å². The number of rotatable bonds is 3. The van der Waals surface area contributed by atoms with Crippen LogP contribution in [0.2, 0.25) is 0 Å². The zero-order chi connectivity index (χ0) is 12.4. The average Bonchev–Trinajstić information content (AvgIpc) is 2.79. The van der Waals surface area contributed by atoms with E-state index in [0.717, 1.165) is 19.4 Å². The number of phenols is 2. The fourth-order valence-electron chi connectivity index (χ4n) is 2.62. The molecule has 17 heavy (non-hydrogen) atoms. The molecule has 0 aliphatic carbocycles. The Morgan fingerprint density at radius 2 is 2.18 bits per heavy atom. The van der Waals surface area contributed by atoms with Gasteiger partial charge in [0.2, 0.25) is 0 Å². The molecule has 1 aliphatic heterocycles. The first-order valence-electron chi connectivity index (χ1n) is 6.02. The first kappa shape index (κ1) is 12.2. The van der Waals surface area contributed by atoms with Crippen molar-refractivity contribution in [3.8, 4) is 11.5 Å². The van der Waals surface area contributed by atoms with Crippen molar-refractivity contribution >= 4 is 0 Å². The minimum atomic E-state index is 0.00162. The molecule has 1 saturated heterocycles. The predicted molar refractivity (Wildman–Crippen MR) is 65.0 cm³/mol. The van der Waals surface area contributed by atoms with Gasteiger partial charge in [-0.1, -0.05) is 0 Å². The number of aromatic hydroxyl groups is 2. The van der Waals surface area contributed by atoms with Gasteiger partial charge in [-0.3, -0.25) is 4.90 Å². The van der Waals surface area contributed by atoms with Crippen LogP contribution >= 0.6 is 0 Å². The topological polar surface area (TPSA) is 63.9 Å². The highest BCUT2D eigenvalue weighted by Crippen LogP contribution is 2.35. The van der Waals surface area contributed by atoms with Crippen molar-refractivity contribution in [2.75, 3.05) is 13.2 Å². The number of benzene rings is 1. The van der Waals surface area contributed by atoms with Crippen molar-refractivity contribution in [3.05, 3.63) is 23.8 Å². The summed E-state index contributed by atoms with van der Waals surface area (Å²) in [6, 6.07) is 4.73. The molecule has 0 bridgehead atoms. The number of nitrogens with zero attached hydrogens (tertiary/aromatic N) is 1. The number of phenolic OH excluding ortho intramolecular Hbond substituents is 2. The van der Waals surface area contributed by atoms with E-state index in [9.17, 15) is 15.3 Å². The van der Waals surface area contributed by atoms with E-state index >= 15 is 0 Å². The summed E-state index contributed by atoms with van der Waals surface area (Å²) in [6.45, 7) is 3.05. The van der Waals surface area contributed by atoms with Crippen LogP contribution < -0.4 is 0 Å². The number of aliphatic hydroxyl groups excluding tert-OH is 1. The van der Waals surface area contributed by atoms with E-state index in [4.69, 9.17) is 0 Å². The minimum Gasteiger partial charge on any atom is -0.508 e. The Balaban J connectivity index is 2.24. The molecular weight excluding hydrogens is 218 g/mol. The van der Waals surface area contributed by atoms with Gasteiger partial charge in [-0.25, -0.2) is 0 Å². The van der Waals surface area contributed by atoms with Crippen LogP contribution in [0.5, 0.6) is 11.5 Å². The largest absolute Gasteiger partial charge is 0.508 e. The van der Waals surface area contributed by atoms with Crippen LogP contribution in [0.15, 0.2) is 18.2 Å². The van der Waals surface area contributed by atoms with Crippen molar-refractivity contribution in [3.63, 3.8) is 0 Å². The lowest BCUT2D eigenvalue weighted by atomic mass is 10.0. The smallest absolute Gasteiger partial charge is 0.120 e. The summed E-state index contributed by atoms with van der Waals surface area (Å²) in [7, 11) is 0. The monoisotopic (exact) mass is 237 g/mol. The fraction of sp³-hybridized carbons (Fsp3) is 0.538. The first-order chi connectivity index (χ1) is 8.13. The lowest BCUT2D eigenvalue weighted by Crippen LogP contribution is -2.34. The Labute approximate surface area is 101 Å². The van der Waals surface area contributed by atoms with E-state index in [1.807, 2.05) is 6.92 Å². The van der Waals surface area contributed by atoms with Gasteiger partial charge < -0.3 is 15.3 Å².